The predicted molar refractivity (Wildman–Crippen MR) is 67.1 cm³/mol. The number of amides is 1. The van der Waals surface area contributed by atoms with Crippen molar-refractivity contribution in [3.63, 3.8) is 0 Å². The molecule has 1 aromatic rings. The third-order valence-electron chi connectivity index (χ3n) is 3.38. The van der Waals surface area contributed by atoms with Crippen molar-refractivity contribution in [2.24, 2.45) is 11.8 Å². The second-order valence-electron chi connectivity index (χ2n) is 4.91. The average molecular weight is 265 g/mol. The Hall–Kier alpha value is -1.91. The molecule has 1 amide bonds. The van der Waals surface area contributed by atoms with Crippen LogP contribution in [-0.4, -0.2) is 23.5 Å². The number of carbonyl (C=O) groups is 2. The van der Waals surface area contributed by atoms with Crippen molar-refractivity contribution in [2.75, 3.05) is 6.54 Å². The Kier molecular flexibility index (Phi) is 3.83. The van der Waals surface area contributed by atoms with E-state index in [0.29, 0.717) is 24.9 Å². The number of halogens is 1. The summed E-state index contributed by atoms with van der Waals surface area (Å²) in [5.41, 5.74) is 1.53. The normalized spacial score (nSPS) is 20.9. The largest absolute Gasteiger partial charge is 0.481 e. The number of nitrogens with one attached hydrogen (secondary N) is 1. The van der Waals surface area contributed by atoms with Crippen molar-refractivity contribution in [1.82, 2.24) is 5.32 Å². The van der Waals surface area contributed by atoms with Crippen LogP contribution in [0.4, 0.5) is 4.39 Å². The van der Waals surface area contributed by atoms with Crippen LogP contribution < -0.4 is 5.32 Å². The minimum atomic E-state index is -0.908. The molecule has 19 heavy (non-hydrogen) atoms. The Labute approximate surface area is 110 Å². The molecule has 1 aliphatic rings. The monoisotopic (exact) mass is 265 g/mol. The van der Waals surface area contributed by atoms with Crippen molar-refractivity contribution >= 4 is 11.9 Å². The summed E-state index contributed by atoms with van der Waals surface area (Å²) in [4.78, 5) is 22.2. The summed E-state index contributed by atoms with van der Waals surface area (Å²) in [6.07, 6.45) is 1.04. The maximum Gasteiger partial charge on any atom is 0.307 e. The third-order valence-corrected chi connectivity index (χ3v) is 3.38. The molecule has 1 saturated carbocycles. The molecule has 2 unspecified atom stereocenters. The number of benzene rings is 1. The quantitative estimate of drug-likeness (QED) is 0.848. The summed E-state index contributed by atoms with van der Waals surface area (Å²) in [6, 6.07) is 4.85. The second kappa shape index (κ2) is 5.38. The zero-order valence-electron chi connectivity index (χ0n) is 10.6. The Balaban J connectivity index is 1.76. The van der Waals surface area contributed by atoms with E-state index in [0.717, 1.165) is 5.56 Å². The molecule has 0 radical (unpaired) electrons. The lowest BCUT2D eigenvalue weighted by Crippen LogP contribution is -2.28. The van der Waals surface area contributed by atoms with Gasteiger partial charge in [-0.1, -0.05) is 12.1 Å². The van der Waals surface area contributed by atoms with Gasteiger partial charge in [0.25, 0.3) is 0 Å². The number of carboxylic acids is 1. The van der Waals surface area contributed by atoms with Crippen molar-refractivity contribution in [2.45, 2.75) is 19.8 Å². The van der Waals surface area contributed by atoms with E-state index in [1.54, 1.807) is 19.1 Å². The first-order valence-corrected chi connectivity index (χ1v) is 6.24. The number of aryl methyl sites for hydroxylation is 1. The summed E-state index contributed by atoms with van der Waals surface area (Å²) >= 11 is 0. The number of hydrogen-bond donors (Lipinski definition) is 2. The molecule has 2 atom stereocenters. The summed E-state index contributed by atoms with van der Waals surface area (Å²) in [5.74, 6) is -2.25. The van der Waals surface area contributed by atoms with Crippen molar-refractivity contribution < 1.29 is 19.1 Å². The van der Waals surface area contributed by atoms with Crippen LogP contribution in [0.25, 0.3) is 0 Å². The molecule has 0 aromatic heterocycles. The van der Waals surface area contributed by atoms with Crippen molar-refractivity contribution in [1.29, 1.82) is 0 Å². The van der Waals surface area contributed by atoms with E-state index in [-0.39, 0.29) is 17.6 Å². The summed E-state index contributed by atoms with van der Waals surface area (Å²) in [7, 11) is 0. The Bertz CT molecular complexity index is 515. The van der Waals surface area contributed by atoms with Gasteiger partial charge in [-0.25, -0.2) is 4.39 Å². The highest BCUT2D eigenvalue weighted by Crippen LogP contribution is 2.38. The highest BCUT2D eigenvalue weighted by molar-refractivity contribution is 5.89. The van der Waals surface area contributed by atoms with Gasteiger partial charge in [-0.2, -0.15) is 0 Å². The van der Waals surface area contributed by atoms with Crippen LogP contribution in [0.15, 0.2) is 18.2 Å². The topological polar surface area (TPSA) is 66.4 Å². The van der Waals surface area contributed by atoms with Crippen LogP contribution in [0.1, 0.15) is 17.5 Å². The lowest BCUT2D eigenvalue weighted by molar-refractivity contribution is -0.140. The van der Waals surface area contributed by atoms with Gasteiger partial charge in [0.1, 0.15) is 5.82 Å². The molecule has 0 bridgehead atoms. The van der Waals surface area contributed by atoms with Gasteiger partial charge in [-0.3, -0.25) is 9.59 Å². The highest BCUT2D eigenvalue weighted by atomic mass is 19.1. The van der Waals surface area contributed by atoms with Gasteiger partial charge in [0.15, 0.2) is 0 Å². The van der Waals surface area contributed by atoms with E-state index < -0.39 is 11.9 Å². The number of carboxylic acid groups (broad SMARTS) is 1. The van der Waals surface area contributed by atoms with Crippen LogP contribution in [0.5, 0.6) is 0 Å². The van der Waals surface area contributed by atoms with Gasteiger partial charge in [0.05, 0.1) is 11.8 Å². The van der Waals surface area contributed by atoms with E-state index in [4.69, 9.17) is 5.11 Å². The zero-order valence-corrected chi connectivity index (χ0v) is 10.6. The van der Waals surface area contributed by atoms with Gasteiger partial charge >= 0.3 is 5.97 Å². The molecule has 102 valence electrons. The van der Waals surface area contributed by atoms with Gasteiger partial charge in [-0.05, 0) is 37.0 Å². The van der Waals surface area contributed by atoms with Crippen LogP contribution in [-0.2, 0) is 16.0 Å². The van der Waals surface area contributed by atoms with Gasteiger partial charge in [0.2, 0.25) is 5.91 Å². The predicted octanol–water partition coefficient (Wildman–Crippen LogP) is 1.51. The zero-order chi connectivity index (χ0) is 14.0. The van der Waals surface area contributed by atoms with Crippen LogP contribution in [0.3, 0.4) is 0 Å². The molecule has 0 spiro atoms. The molecule has 0 saturated heterocycles. The van der Waals surface area contributed by atoms with E-state index in [2.05, 4.69) is 5.32 Å². The number of carbonyl (C=O) groups excluding carboxylic acids is 1. The standard InChI is InChI=1S/C14H16FNO3/c1-8-6-9(2-3-12(8)15)4-5-16-13(17)10-7-11(10)14(18)19/h2-3,6,10-11H,4-5,7H2,1H3,(H,16,17)(H,18,19). The smallest absolute Gasteiger partial charge is 0.307 e. The van der Waals surface area contributed by atoms with E-state index >= 15 is 0 Å². The van der Waals surface area contributed by atoms with Crippen LogP contribution in [0, 0.1) is 24.6 Å². The molecule has 1 aliphatic carbocycles. The summed E-state index contributed by atoms with van der Waals surface area (Å²) in [6.45, 7) is 2.13. The Morgan fingerprint density at radius 3 is 2.74 bits per heavy atom. The van der Waals surface area contributed by atoms with E-state index in [9.17, 15) is 14.0 Å². The van der Waals surface area contributed by atoms with E-state index in [1.165, 1.54) is 6.07 Å². The first-order chi connectivity index (χ1) is 8.99. The lowest BCUT2D eigenvalue weighted by Gasteiger charge is -2.06. The van der Waals surface area contributed by atoms with Crippen LogP contribution in [0.2, 0.25) is 0 Å². The van der Waals surface area contributed by atoms with Gasteiger partial charge < -0.3 is 10.4 Å². The minimum Gasteiger partial charge on any atom is -0.481 e. The molecule has 4 nitrogen and oxygen atoms in total. The Morgan fingerprint density at radius 2 is 2.16 bits per heavy atom. The highest BCUT2D eigenvalue weighted by Gasteiger charge is 2.48. The fourth-order valence-electron chi connectivity index (χ4n) is 2.08. The molecule has 1 fully saturated rings. The average Bonchev–Trinajstić information content (AvgIpc) is 3.14. The van der Waals surface area contributed by atoms with Crippen molar-refractivity contribution in [3.8, 4) is 0 Å². The number of rotatable bonds is 5. The second-order valence-corrected chi connectivity index (χ2v) is 4.91. The molecule has 5 heteroatoms. The molecule has 2 rings (SSSR count). The Morgan fingerprint density at radius 1 is 1.42 bits per heavy atom. The number of aliphatic carboxylic acids is 1. The third kappa shape index (κ3) is 3.30. The summed E-state index contributed by atoms with van der Waals surface area (Å²) < 4.78 is 13.1. The SMILES string of the molecule is Cc1cc(CCNC(=O)C2CC2C(=O)O)ccc1F. The summed E-state index contributed by atoms with van der Waals surface area (Å²) in [5, 5.41) is 11.4. The fourth-order valence-corrected chi connectivity index (χ4v) is 2.08. The molecule has 1 aromatic carbocycles. The molecule has 0 heterocycles. The van der Waals surface area contributed by atoms with Crippen molar-refractivity contribution in [3.05, 3.63) is 35.1 Å². The molecular formula is C14H16FNO3. The number of hydrogen-bond acceptors (Lipinski definition) is 2. The molecule has 0 aliphatic heterocycles. The maximum atomic E-state index is 13.1. The molecule has 2 N–H and O–H groups in total. The lowest BCUT2D eigenvalue weighted by atomic mass is 10.1. The van der Waals surface area contributed by atoms with E-state index in [1.807, 2.05) is 0 Å². The minimum absolute atomic E-state index is 0.203. The first-order valence-electron chi connectivity index (χ1n) is 6.24. The molecular weight excluding hydrogens is 249 g/mol. The fraction of sp³-hybridized carbons (Fsp3) is 0.429. The first kappa shape index (κ1) is 13.5. The van der Waals surface area contributed by atoms with Gasteiger partial charge in [-0.15, -0.1) is 0 Å². The van der Waals surface area contributed by atoms with Crippen LogP contribution >= 0.6 is 0 Å². The van der Waals surface area contributed by atoms with Gasteiger partial charge in [0, 0.05) is 6.54 Å². The maximum absolute atomic E-state index is 13.1.